The molecule has 1 fully saturated rings. The summed E-state index contributed by atoms with van der Waals surface area (Å²) in [5.41, 5.74) is 0.507. The van der Waals surface area contributed by atoms with Crippen LogP contribution in [-0.2, 0) is 0 Å². The Kier molecular flexibility index (Phi) is 8.84. The minimum Gasteiger partial charge on any atom is -0.396 e. The van der Waals surface area contributed by atoms with Gasteiger partial charge in [0.25, 0.3) is 0 Å². The minimum absolute atomic E-state index is 0.337. The highest BCUT2D eigenvalue weighted by molar-refractivity contribution is 4.90. The quantitative estimate of drug-likeness (QED) is 0.608. The first-order chi connectivity index (χ1) is 9.98. The number of nitrogens with zero attached hydrogens (tertiary/aromatic N) is 1. The van der Waals surface area contributed by atoms with Gasteiger partial charge in [-0.2, -0.15) is 0 Å². The topological polar surface area (TPSA) is 35.5 Å². The summed E-state index contributed by atoms with van der Waals surface area (Å²) in [5, 5.41) is 12.6. The molecule has 2 atom stereocenters. The van der Waals surface area contributed by atoms with Crippen LogP contribution in [0.4, 0.5) is 0 Å². The molecule has 1 rings (SSSR count). The van der Waals surface area contributed by atoms with Crippen LogP contribution in [0.25, 0.3) is 0 Å². The number of aliphatic hydroxyl groups is 1. The van der Waals surface area contributed by atoms with E-state index in [1.165, 1.54) is 38.6 Å². The molecule has 0 aliphatic heterocycles. The van der Waals surface area contributed by atoms with E-state index < -0.39 is 0 Å². The van der Waals surface area contributed by atoms with Crippen molar-refractivity contribution in [3.8, 4) is 0 Å². The van der Waals surface area contributed by atoms with Crippen molar-refractivity contribution < 1.29 is 5.11 Å². The molecule has 0 radical (unpaired) electrons. The molecule has 126 valence electrons. The molecule has 0 heterocycles. The van der Waals surface area contributed by atoms with Crippen LogP contribution in [0.2, 0.25) is 0 Å². The van der Waals surface area contributed by atoms with Crippen LogP contribution >= 0.6 is 0 Å². The van der Waals surface area contributed by atoms with Crippen LogP contribution in [0.1, 0.15) is 65.7 Å². The fourth-order valence-electron chi connectivity index (χ4n) is 3.69. The van der Waals surface area contributed by atoms with Gasteiger partial charge in [-0.05, 0) is 76.4 Å². The molecular weight excluding hydrogens is 260 g/mol. The molecule has 2 N–H and O–H groups in total. The Morgan fingerprint density at radius 3 is 2.67 bits per heavy atom. The number of rotatable bonds is 10. The Morgan fingerprint density at radius 2 is 2.00 bits per heavy atom. The summed E-state index contributed by atoms with van der Waals surface area (Å²) in [6, 6.07) is 0.706. The van der Waals surface area contributed by atoms with Gasteiger partial charge >= 0.3 is 0 Å². The van der Waals surface area contributed by atoms with E-state index in [-0.39, 0.29) is 0 Å². The third-order valence-electron chi connectivity index (χ3n) is 4.92. The summed E-state index contributed by atoms with van der Waals surface area (Å²) < 4.78 is 0. The summed E-state index contributed by atoms with van der Waals surface area (Å²) in [6.45, 7) is 11.0. The Morgan fingerprint density at radius 1 is 1.24 bits per heavy atom. The molecule has 1 saturated carbocycles. The van der Waals surface area contributed by atoms with E-state index in [0.29, 0.717) is 18.1 Å². The second-order valence-corrected chi connectivity index (χ2v) is 7.77. The van der Waals surface area contributed by atoms with E-state index in [0.717, 1.165) is 31.8 Å². The van der Waals surface area contributed by atoms with Crippen molar-refractivity contribution in [2.45, 2.75) is 71.8 Å². The van der Waals surface area contributed by atoms with Gasteiger partial charge in [0.05, 0.1) is 0 Å². The molecule has 0 aromatic rings. The SMILES string of the molecule is CCCNC1CCC(C)(C)CC1CN(C)CCCCCO. The van der Waals surface area contributed by atoms with E-state index in [2.05, 4.69) is 38.0 Å². The van der Waals surface area contributed by atoms with Gasteiger partial charge in [-0.25, -0.2) is 0 Å². The number of hydrogen-bond donors (Lipinski definition) is 2. The van der Waals surface area contributed by atoms with Gasteiger partial charge in [-0.15, -0.1) is 0 Å². The monoisotopic (exact) mass is 298 g/mol. The summed E-state index contributed by atoms with van der Waals surface area (Å²) in [7, 11) is 2.26. The van der Waals surface area contributed by atoms with Crippen LogP contribution in [0, 0.1) is 11.3 Å². The van der Waals surface area contributed by atoms with Crippen molar-refractivity contribution in [1.29, 1.82) is 0 Å². The maximum absolute atomic E-state index is 8.85. The van der Waals surface area contributed by atoms with Gasteiger partial charge in [0.15, 0.2) is 0 Å². The van der Waals surface area contributed by atoms with Gasteiger partial charge in [0.1, 0.15) is 0 Å². The molecule has 0 amide bonds. The minimum atomic E-state index is 0.337. The zero-order chi connectivity index (χ0) is 15.7. The van der Waals surface area contributed by atoms with E-state index in [1.54, 1.807) is 0 Å². The number of hydrogen-bond acceptors (Lipinski definition) is 3. The lowest BCUT2D eigenvalue weighted by atomic mass is 9.69. The predicted octanol–water partition coefficient (Wildman–Crippen LogP) is 3.28. The second kappa shape index (κ2) is 9.81. The van der Waals surface area contributed by atoms with E-state index in [4.69, 9.17) is 5.11 Å². The van der Waals surface area contributed by atoms with Crippen LogP contribution in [0.5, 0.6) is 0 Å². The molecule has 0 spiro atoms. The van der Waals surface area contributed by atoms with Crippen molar-refractivity contribution in [3.63, 3.8) is 0 Å². The zero-order valence-corrected chi connectivity index (χ0v) is 14.8. The van der Waals surface area contributed by atoms with Crippen molar-refractivity contribution >= 4 is 0 Å². The third kappa shape index (κ3) is 7.62. The van der Waals surface area contributed by atoms with Crippen LogP contribution in [0.3, 0.4) is 0 Å². The first-order valence-electron chi connectivity index (χ1n) is 9.01. The standard InChI is InChI=1S/C18H38N2O/c1-5-11-19-17-9-10-18(2,3)14-16(17)15-20(4)12-7-6-8-13-21/h16-17,19,21H,5-15H2,1-4H3. The first-order valence-corrected chi connectivity index (χ1v) is 9.01. The maximum Gasteiger partial charge on any atom is 0.0431 e. The lowest BCUT2D eigenvalue weighted by Crippen LogP contribution is -2.47. The fraction of sp³-hybridized carbons (Fsp3) is 1.00. The fourth-order valence-corrected chi connectivity index (χ4v) is 3.69. The van der Waals surface area contributed by atoms with Gasteiger partial charge in [0, 0.05) is 19.2 Å². The molecule has 2 unspecified atom stereocenters. The highest BCUT2D eigenvalue weighted by atomic mass is 16.2. The molecule has 21 heavy (non-hydrogen) atoms. The molecule has 3 heteroatoms. The highest BCUT2D eigenvalue weighted by Crippen LogP contribution is 2.39. The average Bonchev–Trinajstić information content (AvgIpc) is 2.42. The maximum atomic E-state index is 8.85. The van der Waals surface area contributed by atoms with Crippen molar-refractivity contribution in [3.05, 3.63) is 0 Å². The lowest BCUT2D eigenvalue weighted by Gasteiger charge is -2.42. The van der Waals surface area contributed by atoms with Gasteiger partial charge in [0.2, 0.25) is 0 Å². The van der Waals surface area contributed by atoms with Gasteiger partial charge in [-0.1, -0.05) is 20.8 Å². The average molecular weight is 299 g/mol. The Hall–Kier alpha value is -0.120. The van der Waals surface area contributed by atoms with E-state index in [1.807, 2.05) is 0 Å². The molecule has 0 saturated heterocycles. The molecule has 1 aliphatic rings. The zero-order valence-electron chi connectivity index (χ0n) is 14.8. The Balaban J connectivity index is 2.41. The number of aliphatic hydroxyl groups excluding tert-OH is 1. The molecular formula is C18H38N2O. The molecule has 0 aromatic heterocycles. The van der Waals surface area contributed by atoms with Crippen LogP contribution < -0.4 is 5.32 Å². The van der Waals surface area contributed by atoms with Gasteiger partial charge < -0.3 is 15.3 Å². The lowest BCUT2D eigenvalue weighted by molar-refractivity contribution is 0.108. The Bertz CT molecular complexity index is 268. The van der Waals surface area contributed by atoms with E-state index >= 15 is 0 Å². The van der Waals surface area contributed by atoms with Crippen molar-refractivity contribution in [2.75, 3.05) is 33.3 Å². The number of nitrogens with one attached hydrogen (secondary N) is 1. The first kappa shape index (κ1) is 18.9. The third-order valence-corrected chi connectivity index (χ3v) is 4.92. The highest BCUT2D eigenvalue weighted by Gasteiger charge is 2.34. The van der Waals surface area contributed by atoms with Crippen molar-refractivity contribution in [2.24, 2.45) is 11.3 Å². The molecule has 1 aliphatic carbocycles. The van der Waals surface area contributed by atoms with Crippen LogP contribution in [-0.4, -0.2) is 49.3 Å². The van der Waals surface area contributed by atoms with E-state index in [9.17, 15) is 0 Å². The summed E-state index contributed by atoms with van der Waals surface area (Å²) in [4.78, 5) is 2.50. The number of unbranched alkanes of at least 4 members (excludes halogenated alkanes) is 2. The summed E-state index contributed by atoms with van der Waals surface area (Å²) >= 11 is 0. The Labute approximate surface area is 132 Å². The molecule has 3 nitrogen and oxygen atoms in total. The normalized spacial score (nSPS) is 25.4. The van der Waals surface area contributed by atoms with Crippen LogP contribution in [0.15, 0.2) is 0 Å². The van der Waals surface area contributed by atoms with Crippen molar-refractivity contribution in [1.82, 2.24) is 10.2 Å². The molecule has 0 bridgehead atoms. The summed E-state index contributed by atoms with van der Waals surface area (Å²) in [5.74, 6) is 0.781. The molecule has 0 aromatic carbocycles. The second-order valence-electron chi connectivity index (χ2n) is 7.77. The summed E-state index contributed by atoms with van der Waals surface area (Å²) in [6.07, 6.45) is 8.56. The largest absolute Gasteiger partial charge is 0.396 e. The predicted molar refractivity (Wildman–Crippen MR) is 91.6 cm³/mol. The smallest absolute Gasteiger partial charge is 0.0431 e. The van der Waals surface area contributed by atoms with Gasteiger partial charge in [-0.3, -0.25) is 0 Å².